The number of anilines is 1. The van der Waals surface area contributed by atoms with Crippen LogP contribution < -0.4 is 14.8 Å². The van der Waals surface area contributed by atoms with Crippen LogP contribution in [0.5, 0.6) is 11.5 Å². The van der Waals surface area contributed by atoms with Gasteiger partial charge in [0.25, 0.3) is 11.9 Å². The lowest BCUT2D eigenvalue weighted by Crippen LogP contribution is -2.54. The number of amides is 1. The third kappa shape index (κ3) is 4.24. The predicted octanol–water partition coefficient (Wildman–Crippen LogP) is 5.60. The molecule has 1 saturated heterocycles. The van der Waals surface area contributed by atoms with Crippen molar-refractivity contribution in [3.63, 3.8) is 0 Å². The van der Waals surface area contributed by atoms with E-state index in [0.717, 1.165) is 5.56 Å². The molecule has 3 aromatic carbocycles. The smallest absolute Gasteiger partial charge is 0.256 e. The van der Waals surface area contributed by atoms with Crippen molar-refractivity contribution in [3.05, 3.63) is 97.0 Å². The summed E-state index contributed by atoms with van der Waals surface area (Å²) in [5.74, 6) is 0.00416. The largest absolute Gasteiger partial charge is 0.490 e. The minimum absolute atomic E-state index is 0.266. The van der Waals surface area contributed by atoms with Crippen LogP contribution in [0.3, 0.4) is 0 Å². The summed E-state index contributed by atoms with van der Waals surface area (Å²) >= 11 is 9.69. The minimum Gasteiger partial charge on any atom is -0.490 e. The van der Waals surface area contributed by atoms with Crippen molar-refractivity contribution >= 4 is 39.1 Å². The van der Waals surface area contributed by atoms with Crippen LogP contribution >= 0.6 is 27.5 Å². The Balaban J connectivity index is 1.54. The Morgan fingerprint density at radius 1 is 1.19 bits per heavy atom. The van der Waals surface area contributed by atoms with E-state index in [4.69, 9.17) is 21.1 Å². The number of nitrogens with one attached hydrogen (secondary N) is 1. The van der Waals surface area contributed by atoms with E-state index in [9.17, 15) is 14.9 Å². The van der Waals surface area contributed by atoms with Crippen LogP contribution in [0.2, 0.25) is 5.02 Å². The predicted molar refractivity (Wildman–Crippen MR) is 144 cm³/mol. The van der Waals surface area contributed by atoms with Gasteiger partial charge in [-0.05, 0) is 71.4 Å². The first-order valence-electron chi connectivity index (χ1n) is 11.9. The van der Waals surface area contributed by atoms with Crippen molar-refractivity contribution in [1.82, 2.24) is 4.90 Å². The highest BCUT2D eigenvalue weighted by molar-refractivity contribution is 9.10. The fourth-order valence-electron chi connectivity index (χ4n) is 5.57. The first-order chi connectivity index (χ1) is 17.8. The second-order valence-electron chi connectivity index (χ2n) is 9.16. The topological polar surface area (TPSA) is 93.9 Å². The van der Waals surface area contributed by atoms with E-state index in [-0.39, 0.29) is 17.4 Å². The maximum Gasteiger partial charge on any atom is 0.256 e. The molecule has 2 aliphatic heterocycles. The van der Waals surface area contributed by atoms with Crippen molar-refractivity contribution < 1.29 is 19.2 Å². The number of hydrogen-bond donors (Lipinski definition) is 1. The van der Waals surface area contributed by atoms with E-state index in [2.05, 4.69) is 21.2 Å². The molecule has 37 heavy (non-hydrogen) atoms. The quantitative estimate of drug-likeness (QED) is 0.286. The summed E-state index contributed by atoms with van der Waals surface area (Å²) in [5, 5.41) is 16.1. The highest BCUT2D eigenvalue weighted by Gasteiger charge is 2.68. The molecule has 1 fully saturated rings. The van der Waals surface area contributed by atoms with E-state index < -0.39 is 17.5 Å². The van der Waals surface area contributed by atoms with Gasteiger partial charge in [0.05, 0.1) is 17.0 Å². The lowest BCUT2D eigenvalue weighted by Gasteiger charge is -2.30. The number of halogens is 2. The molecule has 3 aromatic rings. The van der Waals surface area contributed by atoms with Crippen molar-refractivity contribution in [2.24, 2.45) is 0 Å². The fourth-order valence-corrected chi connectivity index (χ4v) is 6.35. The highest BCUT2D eigenvalue weighted by Crippen LogP contribution is 2.53. The number of rotatable bonds is 7. The third-order valence-corrected chi connectivity index (χ3v) is 7.90. The summed E-state index contributed by atoms with van der Waals surface area (Å²) < 4.78 is 12.6. The van der Waals surface area contributed by atoms with Crippen molar-refractivity contribution in [2.75, 3.05) is 25.5 Å². The molecule has 3 atom stereocenters. The average Bonchev–Trinajstić information content (AvgIpc) is 3.33. The molecule has 192 valence electrons. The maximum atomic E-state index is 13.4. The molecule has 1 spiro atoms. The maximum absolute atomic E-state index is 13.4. The van der Waals surface area contributed by atoms with Crippen LogP contribution in [0.1, 0.15) is 29.5 Å². The second kappa shape index (κ2) is 9.96. The molecule has 1 amide bonds. The first kappa shape index (κ1) is 25.5. The molecular formula is C27H25BrClN3O5. The van der Waals surface area contributed by atoms with Gasteiger partial charge in [0.1, 0.15) is 6.61 Å². The number of nitro groups is 1. The highest BCUT2D eigenvalue weighted by atomic mass is 79.9. The number of carbonyl (C=O) groups excluding carboxylic acids is 1. The molecule has 0 aliphatic carbocycles. The normalized spacial score (nSPS) is 22.6. The zero-order valence-electron chi connectivity index (χ0n) is 20.2. The molecule has 0 aromatic heterocycles. The Morgan fingerprint density at radius 2 is 1.97 bits per heavy atom. The molecule has 0 bridgehead atoms. The van der Waals surface area contributed by atoms with Gasteiger partial charge in [0, 0.05) is 27.7 Å². The Bertz CT molecular complexity index is 1390. The standard InChI is InChI=1S/C27H25BrClN3O5/c1-3-36-23-13-17(12-21(28)24(23)37-15-16-7-6-8-18(29)11-16)19-14-31(2)27(25(19)32(34)35)20-9-4-5-10-22(20)30-26(27)33/h4-13,19,25H,3,14-15H2,1-2H3,(H,30,33)/t19-,25-,27+/m0/s1. The van der Waals surface area contributed by atoms with Gasteiger partial charge in [-0.1, -0.05) is 41.9 Å². The SMILES string of the molecule is CCOc1cc([C@@H]2CN(C)[C@@]3(C(=O)Nc4ccccc43)[C@H]2[N+](=O)[O-])cc(Br)c1OCc1cccc(Cl)c1. The molecule has 1 N–H and O–H groups in total. The van der Waals surface area contributed by atoms with E-state index >= 15 is 0 Å². The number of para-hydroxylation sites is 1. The number of ether oxygens (including phenoxy) is 2. The molecule has 8 nitrogen and oxygen atoms in total. The summed E-state index contributed by atoms with van der Waals surface area (Å²) in [6.07, 6.45) is 0. The zero-order valence-corrected chi connectivity index (χ0v) is 22.6. The van der Waals surface area contributed by atoms with Gasteiger partial charge in [-0.2, -0.15) is 0 Å². The number of likely N-dealkylation sites (N-methyl/N-ethyl adjacent to an activating group) is 1. The average molecular weight is 587 g/mol. The Kier molecular flexibility index (Phi) is 6.87. The summed E-state index contributed by atoms with van der Waals surface area (Å²) in [5.41, 5.74) is 1.40. The third-order valence-electron chi connectivity index (χ3n) is 7.07. The minimum atomic E-state index is -1.41. The molecule has 0 radical (unpaired) electrons. The number of benzene rings is 3. The number of hydrogen-bond acceptors (Lipinski definition) is 6. The lowest BCUT2D eigenvalue weighted by molar-refractivity contribution is -0.534. The summed E-state index contributed by atoms with van der Waals surface area (Å²) in [4.78, 5) is 27.5. The molecule has 10 heteroatoms. The van der Waals surface area contributed by atoms with E-state index in [1.807, 2.05) is 31.2 Å². The number of likely N-dealkylation sites (tertiary alicyclic amines) is 1. The monoisotopic (exact) mass is 585 g/mol. The van der Waals surface area contributed by atoms with Crippen LogP contribution in [-0.2, 0) is 16.9 Å². The Hall–Kier alpha value is -3.14. The lowest BCUT2D eigenvalue weighted by atomic mass is 9.79. The molecular weight excluding hydrogens is 562 g/mol. The summed E-state index contributed by atoms with van der Waals surface area (Å²) in [6.45, 7) is 2.82. The number of fused-ring (bicyclic) bond motifs is 2. The van der Waals surface area contributed by atoms with Gasteiger partial charge < -0.3 is 14.8 Å². The van der Waals surface area contributed by atoms with Crippen LogP contribution in [-0.4, -0.2) is 42.0 Å². The molecule has 2 aliphatic rings. The molecule has 2 heterocycles. The summed E-state index contributed by atoms with van der Waals surface area (Å²) in [6, 6.07) is 16.9. The summed E-state index contributed by atoms with van der Waals surface area (Å²) in [7, 11) is 1.76. The molecule has 0 unspecified atom stereocenters. The van der Waals surface area contributed by atoms with Gasteiger partial charge in [-0.25, -0.2) is 0 Å². The van der Waals surface area contributed by atoms with Crippen molar-refractivity contribution in [3.8, 4) is 11.5 Å². The Labute approximate surface area is 227 Å². The molecule has 0 saturated carbocycles. The van der Waals surface area contributed by atoms with Gasteiger partial charge in [-0.15, -0.1) is 0 Å². The van der Waals surface area contributed by atoms with Crippen LogP contribution in [0, 0.1) is 10.1 Å². The van der Waals surface area contributed by atoms with Gasteiger partial charge in [0.2, 0.25) is 0 Å². The number of nitrogens with zero attached hydrogens (tertiary/aromatic N) is 2. The molecule has 5 rings (SSSR count). The second-order valence-corrected chi connectivity index (χ2v) is 10.5. The van der Waals surface area contributed by atoms with Crippen molar-refractivity contribution in [2.45, 2.75) is 31.0 Å². The first-order valence-corrected chi connectivity index (χ1v) is 13.0. The van der Waals surface area contributed by atoms with Gasteiger partial charge >= 0.3 is 0 Å². The van der Waals surface area contributed by atoms with Gasteiger partial charge in [-0.3, -0.25) is 19.8 Å². The van der Waals surface area contributed by atoms with Crippen LogP contribution in [0.25, 0.3) is 0 Å². The fraction of sp³-hybridized carbons (Fsp3) is 0.296. The Morgan fingerprint density at radius 3 is 2.70 bits per heavy atom. The number of carbonyl (C=O) groups is 1. The van der Waals surface area contributed by atoms with Crippen molar-refractivity contribution in [1.29, 1.82) is 0 Å². The van der Waals surface area contributed by atoms with E-state index in [1.54, 1.807) is 48.3 Å². The van der Waals surface area contributed by atoms with Gasteiger partial charge in [0.15, 0.2) is 17.0 Å². The van der Waals surface area contributed by atoms with Crippen LogP contribution in [0.15, 0.2) is 65.1 Å². The zero-order chi connectivity index (χ0) is 26.3. The van der Waals surface area contributed by atoms with E-state index in [1.165, 1.54) is 0 Å². The van der Waals surface area contributed by atoms with Crippen LogP contribution in [0.4, 0.5) is 5.69 Å². The van der Waals surface area contributed by atoms with E-state index in [0.29, 0.717) is 51.0 Å².